The summed E-state index contributed by atoms with van der Waals surface area (Å²) < 4.78 is 4.75. The second-order valence-electron chi connectivity index (χ2n) is 6.13. The Morgan fingerprint density at radius 2 is 1.70 bits per heavy atom. The van der Waals surface area contributed by atoms with Crippen molar-refractivity contribution in [2.45, 2.75) is 13.8 Å². The highest BCUT2D eigenvalue weighted by Crippen LogP contribution is 2.25. The van der Waals surface area contributed by atoms with Gasteiger partial charge in [0.05, 0.1) is 16.6 Å². The average Bonchev–Trinajstić information content (AvgIpc) is 3.28. The van der Waals surface area contributed by atoms with Gasteiger partial charge in [0.1, 0.15) is 18.0 Å². The molecule has 0 radical (unpaired) electrons. The van der Waals surface area contributed by atoms with Crippen LogP contribution in [0.3, 0.4) is 0 Å². The molecule has 0 spiro atoms. The van der Waals surface area contributed by atoms with Crippen LogP contribution in [0, 0.1) is 13.8 Å². The molecule has 0 unspecified atom stereocenters. The minimum atomic E-state index is -0.234. The van der Waals surface area contributed by atoms with Crippen LogP contribution in [0.2, 0.25) is 0 Å². The minimum absolute atomic E-state index is 0.234. The third-order valence-corrected chi connectivity index (χ3v) is 4.47. The van der Waals surface area contributed by atoms with Crippen LogP contribution in [0.5, 0.6) is 0 Å². The number of aryl methyl sites for hydroxylation is 2. The van der Waals surface area contributed by atoms with Crippen molar-refractivity contribution in [3.8, 4) is 11.3 Å². The zero-order valence-electron chi connectivity index (χ0n) is 14.6. The van der Waals surface area contributed by atoms with Gasteiger partial charge in [0.25, 0.3) is 11.3 Å². The van der Waals surface area contributed by atoms with Crippen molar-refractivity contribution in [3.63, 3.8) is 0 Å². The minimum Gasteiger partial charge on any atom is -0.267 e. The summed E-state index contributed by atoms with van der Waals surface area (Å²) in [4.78, 5) is 22.2. The van der Waals surface area contributed by atoms with Gasteiger partial charge in [-0.15, -0.1) is 10.2 Å². The third-order valence-electron chi connectivity index (χ3n) is 4.47. The molecular formula is C18H14N8O. The van der Waals surface area contributed by atoms with Crippen molar-refractivity contribution in [2.24, 2.45) is 0 Å². The van der Waals surface area contributed by atoms with Crippen molar-refractivity contribution < 1.29 is 0 Å². The van der Waals surface area contributed by atoms with Gasteiger partial charge < -0.3 is 0 Å². The van der Waals surface area contributed by atoms with E-state index in [1.165, 1.54) is 11.0 Å². The van der Waals surface area contributed by atoms with Crippen LogP contribution in [0.4, 0.5) is 0 Å². The van der Waals surface area contributed by atoms with E-state index in [0.717, 1.165) is 5.56 Å². The molecule has 9 heteroatoms. The molecule has 0 aliphatic carbocycles. The topological polar surface area (TPSA) is 95.8 Å². The molecular weight excluding hydrogens is 344 g/mol. The van der Waals surface area contributed by atoms with Gasteiger partial charge in [-0.2, -0.15) is 14.6 Å². The number of hydrogen-bond acceptors (Lipinski definition) is 6. The van der Waals surface area contributed by atoms with Crippen LogP contribution in [-0.2, 0) is 0 Å². The molecule has 0 saturated heterocycles. The van der Waals surface area contributed by atoms with E-state index in [2.05, 4.69) is 25.3 Å². The van der Waals surface area contributed by atoms with Gasteiger partial charge in [-0.3, -0.25) is 4.79 Å². The maximum Gasteiger partial charge on any atom is 0.281 e. The number of hydrogen-bond donors (Lipinski definition) is 0. The Balaban J connectivity index is 1.97. The molecule has 5 aromatic rings. The molecule has 0 aliphatic heterocycles. The first-order valence-corrected chi connectivity index (χ1v) is 8.35. The molecule has 0 fully saturated rings. The van der Waals surface area contributed by atoms with E-state index < -0.39 is 0 Å². The highest BCUT2D eigenvalue weighted by molar-refractivity contribution is 5.93. The average molecular weight is 358 g/mol. The van der Waals surface area contributed by atoms with Crippen molar-refractivity contribution in [2.75, 3.05) is 0 Å². The first-order valence-electron chi connectivity index (χ1n) is 8.35. The van der Waals surface area contributed by atoms with E-state index >= 15 is 0 Å². The fourth-order valence-corrected chi connectivity index (χ4v) is 3.31. The summed E-state index contributed by atoms with van der Waals surface area (Å²) in [6.07, 6.45) is 3.10. The predicted octanol–water partition coefficient (Wildman–Crippen LogP) is 1.63. The molecule has 132 valence electrons. The molecule has 9 nitrogen and oxygen atoms in total. The summed E-state index contributed by atoms with van der Waals surface area (Å²) in [5.74, 6) is 1.67. The fraction of sp³-hybridized carbons (Fsp3) is 0.111. The Labute approximate surface area is 152 Å². The van der Waals surface area contributed by atoms with Crippen molar-refractivity contribution in [1.29, 1.82) is 0 Å². The second kappa shape index (κ2) is 5.56. The first kappa shape index (κ1) is 15.4. The number of fused-ring (bicyclic) bond motifs is 2. The quantitative estimate of drug-likeness (QED) is 0.476. The SMILES string of the molecule is Cc1nnc(C)n1-n1ccc2nc3ncnn3c(-c3ccccc3)c2c1=O. The summed E-state index contributed by atoms with van der Waals surface area (Å²) in [5.41, 5.74) is 1.82. The van der Waals surface area contributed by atoms with Gasteiger partial charge in [-0.1, -0.05) is 30.3 Å². The van der Waals surface area contributed by atoms with Crippen LogP contribution in [0.25, 0.3) is 27.9 Å². The summed E-state index contributed by atoms with van der Waals surface area (Å²) in [6.45, 7) is 3.60. The lowest BCUT2D eigenvalue weighted by Gasteiger charge is -2.13. The van der Waals surface area contributed by atoms with Gasteiger partial charge in [0.2, 0.25) is 0 Å². The van der Waals surface area contributed by atoms with E-state index in [0.29, 0.717) is 34.0 Å². The van der Waals surface area contributed by atoms with Crippen LogP contribution >= 0.6 is 0 Å². The highest BCUT2D eigenvalue weighted by atomic mass is 16.1. The number of aromatic nitrogens is 8. The Morgan fingerprint density at radius 1 is 0.963 bits per heavy atom. The normalized spacial score (nSPS) is 11.5. The molecule has 4 aromatic heterocycles. The Kier molecular flexibility index (Phi) is 3.17. The largest absolute Gasteiger partial charge is 0.281 e. The highest BCUT2D eigenvalue weighted by Gasteiger charge is 2.18. The molecule has 0 bridgehead atoms. The molecule has 0 saturated carbocycles. The molecule has 1 aromatic carbocycles. The van der Waals surface area contributed by atoms with Gasteiger partial charge in [0, 0.05) is 11.8 Å². The van der Waals surface area contributed by atoms with Gasteiger partial charge in [-0.25, -0.2) is 14.3 Å². The Hall–Kier alpha value is -3.88. The number of rotatable bonds is 2. The van der Waals surface area contributed by atoms with E-state index in [4.69, 9.17) is 0 Å². The van der Waals surface area contributed by atoms with Gasteiger partial charge in [-0.05, 0) is 19.9 Å². The number of pyridine rings is 1. The smallest absolute Gasteiger partial charge is 0.267 e. The fourth-order valence-electron chi connectivity index (χ4n) is 3.31. The zero-order chi connectivity index (χ0) is 18.5. The molecule has 4 heterocycles. The lowest BCUT2D eigenvalue weighted by Crippen LogP contribution is -2.28. The van der Waals surface area contributed by atoms with Crippen molar-refractivity contribution in [3.05, 3.63) is 70.9 Å². The number of nitrogens with zero attached hydrogens (tertiary/aromatic N) is 8. The van der Waals surface area contributed by atoms with E-state index in [9.17, 15) is 4.79 Å². The molecule has 0 aliphatic rings. The van der Waals surface area contributed by atoms with E-state index in [1.54, 1.807) is 35.3 Å². The summed E-state index contributed by atoms with van der Waals surface area (Å²) in [7, 11) is 0. The summed E-state index contributed by atoms with van der Waals surface area (Å²) in [5, 5.41) is 12.8. The standard InChI is InChI=1S/C18H14N8O/c1-11-22-23-12(2)26(11)24-9-8-14-15(17(24)27)16(13-6-4-3-5-7-13)25-18(21-14)19-10-20-25/h3-10H,1-2H3. The molecule has 5 rings (SSSR count). The Bertz CT molecular complexity index is 1340. The predicted molar refractivity (Wildman–Crippen MR) is 98.3 cm³/mol. The lowest BCUT2D eigenvalue weighted by molar-refractivity contribution is 0.595. The molecule has 0 amide bonds. The zero-order valence-corrected chi connectivity index (χ0v) is 14.6. The maximum atomic E-state index is 13.5. The maximum absolute atomic E-state index is 13.5. The van der Waals surface area contributed by atoms with Crippen molar-refractivity contribution in [1.82, 2.24) is 39.1 Å². The molecule has 0 N–H and O–H groups in total. The van der Waals surface area contributed by atoms with Crippen LogP contribution in [0.1, 0.15) is 11.6 Å². The van der Waals surface area contributed by atoms with Gasteiger partial charge in [0.15, 0.2) is 0 Å². The third kappa shape index (κ3) is 2.18. The van der Waals surface area contributed by atoms with Crippen molar-refractivity contribution >= 4 is 16.7 Å². The first-order chi connectivity index (χ1) is 13.1. The molecule has 27 heavy (non-hydrogen) atoms. The second-order valence-corrected chi connectivity index (χ2v) is 6.13. The van der Waals surface area contributed by atoms with E-state index in [-0.39, 0.29) is 5.56 Å². The Morgan fingerprint density at radius 3 is 2.44 bits per heavy atom. The summed E-state index contributed by atoms with van der Waals surface area (Å²) in [6, 6.07) is 11.4. The monoisotopic (exact) mass is 358 g/mol. The lowest BCUT2D eigenvalue weighted by atomic mass is 10.1. The number of benzene rings is 1. The van der Waals surface area contributed by atoms with Crippen LogP contribution < -0.4 is 5.56 Å². The van der Waals surface area contributed by atoms with E-state index in [1.807, 2.05) is 30.3 Å². The molecule has 0 atom stereocenters. The van der Waals surface area contributed by atoms with Gasteiger partial charge >= 0.3 is 0 Å². The van der Waals surface area contributed by atoms with Crippen LogP contribution in [-0.4, -0.2) is 39.1 Å². The summed E-state index contributed by atoms with van der Waals surface area (Å²) >= 11 is 0. The van der Waals surface area contributed by atoms with Crippen LogP contribution in [0.15, 0.2) is 53.7 Å².